The number of aromatic amines is 1. The summed E-state index contributed by atoms with van der Waals surface area (Å²) in [4.78, 5) is 6.30. The van der Waals surface area contributed by atoms with Gasteiger partial charge in [0.05, 0.1) is 18.4 Å². The molecule has 1 saturated heterocycles. The summed E-state index contributed by atoms with van der Waals surface area (Å²) >= 11 is 0. The molecule has 0 unspecified atom stereocenters. The van der Waals surface area contributed by atoms with Crippen molar-refractivity contribution >= 4 is 10.9 Å². The van der Waals surface area contributed by atoms with Gasteiger partial charge in [-0.2, -0.15) is 0 Å². The van der Waals surface area contributed by atoms with Gasteiger partial charge in [-0.3, -0.25) is 4.90 Å². The summed E-state index contributed by atoms with van der Waals surface area (Å²) in [6.07, 6.45) is 2.19. The van der Waals surface area contributed by atoms with Gasteiger partial charge in [0.15, 0.2) is 0 Å². The van der Waals surface area contributed by atoms with E-state index in [1.54, 1.807) is 0 Å². The van der Waals surface area contributed by atoms with E-state index in [-0.39, 0.29) is 12.5 Å². The molecular formula is C20H24N2O2. The molecule has 5 rings (SSSR count). The summed E-state index contributed by atoms with van der Waals surface area (Å²) < 4.78 is 5.83. The molecule has 3 aliphatic heterocycles. The number of aromatic nitrogens is 1. The summed E-state index contributed by atoms with van der Waals surface area (Å²) in [6, 6.07) is 9.10. The van der Waals surface area contributed by atoms with Crippen LogP contribution >= 0.6 is 0 Å². The van der Waals surface area contributed by atoms with Crippen LogP contribution in [0.1, 0.15) is 30.6 Å². The van der Waals surface area contributed by atoms with E-state index in [0.29, 0.717) is 18.6 Å². The Morgan fingerprint density at radius 3 is 3.08 bits per heavy atom. The van der Waals surface area contributed by atoms with Gasteiger partial charge in [0.1, 0.15) is 0 Å². The van der Waals surface area contributed by atoms with Crippen LogP contribution in [0.3, 0.4) is 0 Å². The van der Waals surface area contributed by atoms with Crippen LogP contribution in [0.25, 0.3) is 10.9 Å². The third kappa shape index (κ3) is 1.99. The van der Waals surface area contributed by atoms with Crippen LogP contribution in [0.2, 0.25) is 0 Å². The molecule has 126 valence electrons. The first-order valence-electron chi connectivity index (χ1n) is 9.03. The number of hydrogen-bond donors (Lipinski definition) is 2. The first-order chi connectivity index (χ1) is 11.8. The van der Waals surface area contributed by atoms with Gasteiger partial charge in [-0.05, 0) is 42.9 Å². The number of nitrogens with one attached hydrogen (secondary N) is 1. The van der Waals surface area contributed by atoms with E-state index < -0.39 is 0 Å². The summed E-state index contributed by atoms with van der Waals surface area (Å²) in [6.45, 7) is 5.05. The Kier molecular flexibility index (Phi) is 3.25. The zero-order valence-electron chi connectivity index (χ0n) is 14.1. The van der Waals surface area contributed by atoms with Gasteiger partial charge >= 0.3 is 0 Å². The molecule has 4 heteroatoms. The zero-order chi connectivity index (χ0) is 16.3. The molecule has 4 heterocycles. The van der Waals surface area contributed by atoms with Gasteiger partial charge in [0.2, 0.25) is 0 Å². The maximum absolute atomic E-state index is 9.80. The first-order valence-corrected chi connectivity index (χ1v) is 9.03. The van der Waals surface area contributed by atoms with E-state index in [1.807, 2.05) is 0 Å². The van der Waals surface area contributed by atoms with Crippen LogP contribution in [0.15, 0.2) is 35.6 Å². The minimum atomic E-state index is 0.216. The second-order valence-electron chi connectivity index (χ2n) is 7.48. The Hall–Kier alpha value is -1.78. The molecular weight excluding hydrogens is 300 g/mol. The molecule has 0 bridgehead atoms. The maximum atomic E-state index is 9.80. The third-order valence-electron chi connectivity index (χ3n) is 6.34. The maximum Gasteiger partial charge on any atom is 0.0936 e. The predicted octanol–water partition coefficient (Wildman–Crippen LogP) is 3.00. The molecule has 0 aliphatic carbocycles. The number of fused-ring (bicyclic) bond motifs is 6. The molecule has 24 heavy (non-hydrogen) atoms. The van der Waals surface area contributed by atoms with E-state index in [2.05, 4.69) is 41.1 Å². The Labute approximate surface area is 142 Å². The number of H-pyrrole nitrogens is 1. The smallest absolute Gasteiger partial charge is 0.0936 e. The van der Waals surface area contributed by atoms with Gasteiger partial charge in [-0.25, -0.2) is 0 Å². The van der Waals surface area contributed by atoms with Crippen LogP contribution in [0, 0.1) is 11.8 Å². The quantitative estimate of drug-likeness (QED) is 0.848. The molecule has 0 saturated carbocycles. The molecule has 4 nitrogen and oxygen atoms in total. The number of hydrogen-bond acceptors (Lipinski definition) is 3. The molecule has 1 fully saturated rings. The second kappa shape index (κ2) is 5.36. The fourth-order valence-corrected chi connectivity index (χ4v) is 5.01. The van der Waals surface area contributed by atoms with Crippen molar-refractivity contribution < 1.29 is 9.84 Å². The number of aliphatic hydroxyl groups is 1. The minimum Gasteiger partial charge on any atom is -0.498 e. The van der Waals surface area contributed by atoms with Gasteiger partial charge in [-0.1, -0.05) is 18.2 Å². The van der Waals surface area contributed by atoms with Gasteiger partial charge in [0, 0.05) is 42.2 Å². The number of nitrogens with zero attached hydrogens (tertiary/aromatic N) is 1. The Balaban J connectivity index is 1.58. The summed E-state index contributed by atoms with van der Waals surface area (Å²) in [7, 11) is 0. The number of benzene rings is 1. The van der Waals surface area contributed by atoms with Gasteiger partial charge < -0.3 is 14.8 Å². The monoisotopic (exact) mass is 324 g/mol. The lowest BCUT2D eigenvalue weighted by molar-refractivity contribution is 0.0240. The lowest BCUT2D eigenvalue weighted by Gasteiger charge is -2.47. The number of ether oxygens (including phenoxy) is 1. The lowest BCUT2D eigenvalue weighted by atomic mass is 9.74. The van der Waals surface area contributed by atoms with Crippen molar-refractivity contribution in [2.24, 2.45) is 11.8 Å². The van der Waals surface area contributed by atoms with Gasteiger partial charge in [-0.15, -0.1) is 0 Å². The Bertz CT molecular complexity index is 822. The highest BCUT2D eigenvalue weighted by Crippen LogP contribution is 2.46. The first kappa shape index (κ1) is 14.6. The van der Waals surface area contributed by atoms with Crippen molar-refractivity contribution in [1.29, 1.82) is 0 Å². The molecule has 0 spiro atoms. The standard InChI is InChI=1S/C20H24N2O2/c1-12-17-9-22-7-6-15-14-4-2-3-5-18(14)21-20(15)19(22)8-16(17)13(10-23)11-24-12/h2-5,13,16,19,21,23H,6-11H2,1H3/t13-,16+,19+/m0/s1. The zero-order valence-corrected chi connectivity index (χ0v) is 14.1. The average Bonchev–Trinajstić information content (AvgIpc) is 3.00. The third-order valence-corrected chi connectivity index (χ3v) is 6.34. The molecule has 2 aromatic rings. The van der Waals surface area contributed by atoms with E-state index >= 15 is 0 Å². The molecule has 3 atom stereocenters. The average molecular weight is 324 g/mol. The molecule has 1 aromatic heterocycles. The normalized spacial score (nSPS) is 29.8. The molecule has 0 amide bonds. The van der Waals surface area contributed by atoms with Crippen molar-refractivity contribution in [3.8, 4) is 0 Å². The number of aliphatic hydroxyl groups excluding tert-OH is 1. The van der Waals surface area contributed by atoms with Gasteiger partial charge in [0.25, 0.3) is 0 Å². The van der Waals surface area contributed by atoms with Crippen LogP contribution in [-0.4, -0.2) is 41.3 Å². The summed E-state index contributed by atoms with van der Waals surface area (Å²) in [5.41, 5.74) is 5.58. The molecule has 3 aliphatic rings. The Morgan fingerprint density at radius 1 is 1.33 bits per heavy atom. The van der Waals surface area contributed by atoms with Crippen molar-refractivity contribution in [3.05, 3.63) is 46.9 Å². The molecule has 1 aromatic carbocycles. The summed E-state index contributed by atoms with van der Waals surface area (Å²) in [5.74, 6) is 1.77. The van der Waals surface area contributed by atoms with Crippen molar-refractivity contribution in [1.82, 2.24) is 9.88 Å². The number of allylic oxidation sites excluding steroid dienone is 1. The number of rotatable bonds is 1. The summed E-state index contributed by atoms with van der Waals surface area (Å²) in [5, 5.41) is 11.2. The van der Waals surface area contributed by atoms with Crippen molar-refractivity contribution in [2.45, 2.75) is 25.8 Å². The molecule has 2 N–H and O–H groups in total. The van der Waals surface area contributed by atoms with Crippen molar-refractivity contribution in [3.63, 3.8) is 0 Å². The van der Waals surface area contributed by atoms with E-state index in [9.17, 15) is 5.11 Å². The van der Waals surface area contributed by atoms with Crippen molar-refractivity contribution in [2.75, 3.05) is 26.3 Å². The highest BCUT2D eigenvalue weighted by atomic mass is 16.5. The highest BCUT2D eigenvalue weighted by Gasteiger charge is 2.42. The number of para-hydroxylation sites is 1. The van der Waals surface area contributed by atoms with Crippen LogP contribution in [-0.2, 0) is 11.2 Å². The SMILES string of the molecule is CC1=C2CN3CCc4c([nH]c5ccccc45)[C@H]3C[C@@H]2[C@@H](CO)CO1. The fraction of sp³-hybridized carbons (Fsp3) is 0.500. The van der Waals surface area contributed by atoms with E-state index in [4.69, 9.17) is 4.74 Å². The largest absolute Gasteiger partial charge is 0.498 e. The molecule has 0 radical (unpaired) electrons. The number of piperidine rings is 1. The lowest BCUT2D eigenvalue weighted by Crippen LogP contribution is -2.47. The van der Waals surface area contributed by atoms with Crippen LogP contribution in [0.4, 0.5) is 0 Å². The van der Waals surface area contributed by atoms with E-state index in [0.717, 1.165) is 31.7 Å². The van der Waals surface area contributed by atoms with Crippen LogP contribution < -0.4 is 0 Å². The fourth-order valence-electron chi connectivity index (χ4n) is 5.01. The minimum absolute atomic E-state index is 0.216. The Morgan fingerprint density at radius 2 is 2.21 bits per heavy atom. The van der Waals surface area contributed by atoms with Crippen LogP contribution in [0.5, 0.6) is 0 Å². The topological polar surface area (TPSA) is 48.5 Å². The van der Waals surface area contributed by atoms with E-state index in [1.165, 1.54) is 27.7 Å². The highest BCUT2D eigenvalue weighted by molar-refractivity contribution is 5.85. The second-order valence-corrected chi connectivity index (χ2v) is 7.48. The predicted molar refractivity (Wildman–Crippen MR) is 93.7 cm³/mol.